The lowest BCUT2D eigenvalue weighted by Gasteiger charge is -1.80. The quantitative estimate of drug-likeness (QED) is 0.676. The van der Waals surface area contributed by atoms with E-state index in [2.05, 4.69) is 0 Å². The minimum absolute atomic E-state index is 0. The van der Waals surface area contributed by atoms with Crippen LogP contribution in [0.25, 0.3) is 0 Å². The Bertz CT molecular complexity index is 121. The lowest BCUT2D eigenvalue weighted by Crippen LogP contribution is -1.85. The van der Waals surface area contributed by atoms with E-state index in [4.69, 9.17) is 10.2 Å². The molecule has 0 saturated heterocycles. The van der Waals surface area contributed by atoms with E-state index in [1.54, 1.807) is 27.7 Å². The van der Waals surface area contributed by atoms with E-state index in [0.29, 0.717) is 0 Å². The van der Waals surface area contributed by atoms with E-state index < -0.39 is 0 Å². The van der Waals surface area contributed by atoms with E-state index in [0.717, 1.165) is 0 Å². The van der Waals surface area contributed by atoms with Crippen LogP contribution in [0.4, 0.5) is 0 Å². The number of hydrogen-bond acceptors (Lipinski definition) is 4. The fourth-order valence-electron chi connectivity index (χ4n) is 0. The molecule has 108 valence electrons. The first-order valence-electron chi connectivity index (χ1n) is 5.23. The molecular formula is C12H30O5. The highest BCUT2D eigenvalue weighted by Gasteiger charge is 1.69. The van der Waals surface area contributed by atoms with Crippen molar-refractivity contribution in [3.63, 3.8) is 0 Å². The average Bonchev–Trinajstić information content (AvgIpc) is 1.76. The number of carbonyl (C=O) groups is 2. The lowest BCUT2D eigenvalue weighted by atomic mass is 10.5. The summed E-state index contributed by atoms with van der Waals surface area (Å²) in [5.41, 5.74) is 0. The molecule has 0 unspecified atom stereocenters. The van der Waals surface area contributed by atoms with Gasteiger partial charge in [0.05, 0.1) is 0 Å². The summed E-state index contributed by atoms with van der Waals surface area (Å²) in [5, 5.41) is 16.1. The number of carbonyl (C=O) groups excluding carboxylic acids is 2. The van der Waals surface area contributed by atoms with E-state index >= 15 is 0 Å². The molecule has 17 heavy (non-hydrogen) atoms. The zero-order valence-corrected chi connectivity index (χ0v) is 12.4. The summed E-state index contributed by atoms with van der Waals surface area (Å²) >= 11 is 0. The molecule has 0 amide bonds. The Hall–Kier alpha value is -0.780. The van der Waals surface area contributed by atoms with E-state index in [9.17, 15) is 9.59 Å². The third kappa shape index (κ3) is 4370. The molecule has 0 spiro atoms. The molecule has 0 bridgehead atoms. The van der Waals surface area contributed by atoms with Gasteiger partial charge >= 0.3 is 0 Å². The van der Waals surface area contributed by atoms with Crippen LogP contribution in [0.5, 0.6) is 0 Å². The zero-order valence-electron chi connectivity index (χ0n) is 12.4. The standard InChI is InChI=1S/2C3H8O.2C3H6O.H2O/c4*1-3(2)4;/h2*3-4H,1-2H3;2*1-2H3;1H2. The number of rotatable bonds is 0. The van der Waals surface area contributed by atoms with Crippen LogP contribution in [-0.4, -0.2) is 39.5 Å². The van der Waals surface area contributed by atoms with Gasteiger partial charge in [0.25, 0.3) is 0 Å². The lowest BCUT2D eigenvalue weighted by molar-refractivity contribution is -0.115. The van der Waals surface area contributed by atoms with Gasteiger partial charge in [0, 0.05) is 12.2 Å². The summed E-state index contributed by atoms with van der Waals surface area (Å²) in [6.07, 6.45) is -0.333. The molecule has 0 aliphatic rings. The Kier molecular flexibility index (Phi) is 42.9. The van der Waals surface area contributed by atoms with Crippen molar-refractivity contribution in [2.45, 2.75) is 67.6 Å². The monoisotopic (exact) mass is 254 g/mol. The van der Waals surface area contributed by atoms with Crippen molar-refractivity contribution < 1.29 is 25.3 Å². The molecular weight excluding hydrogens is 224 g/mol. The van der Waals surface area contributed by atoms with Gasteiger partial charge in [0.1, 0.15) is 11.6 Å². The zero-order chi connectivity index (χ0) is 14.3. The van der Waals surface area contributed by atoms with Gasteiger partial charge in [0.15, 0.2) is 0 Å². The Morgan fingerprint density at radius 1 is 0.706 bits per heavy atom. The van der Waals surface area contributed by atoms with Crippen molar-refractivity contribution in [1.82, 2.24) is 0 Å². The Labute approximate surface area is 105 Å². The first kappa shape index (κ1) is 29.8. The van der Waals surface area contributed by atoms with Crippen LogP contribution < -0.4 is 0 Å². The molecule has 0 aromatic carbocycles. The maximum absolute atomic E-state index is 9.44. The SMILES string of the molecule is CC(C)=O.CC(C)=O.CC(C)O.CC(C)O.O. The number of aliphatic hydroxyl groups excluding tert-OH is 2. The summed E-state index contributed by atoms with van der Waals surface area (Å²) in [4.78, 5) is 18.9. The third-order valence-corrected chi connectivity index (χ3v) is 0. The number of Topliss-reactive ketones (excluding diaryl/α,β-unsaturated/α-hetero) is 2. The normalized spacial score (nSPS) is 7.29. The van der Waals surface area contributed by atoms with Crippen LogP contribution in [0.15, 0.2) is 0 Å². The minimum Gasteiger partial charge on any atom is -0.412 e. The predicted octanol–water partition coefficient (Wildman–Crippen LogP) is 1.14. The second kappa shape index (κ2) is 24.4. The van der Waals surface area contributed by atoms with Crippen LogP contribution in [0, 0.1) is 0 Å². The highest BCUT2D eigenvalue weighted by molar-refractivity contribution is 5.72. The molecule has 0 aromatic rings. The van der Waals surface area contributed by atoms with Crippen LogP contribution >= 0.6 is 0 Å². The van der Waals surface area contributed by atoms with E-state index in [1.165, 1.54) is 27.7 Å². The fourth-order valence-corrected chi connectivity index (χ4v) is 0. The number of ketones is 2. The summed E-state index contributed by atoms with van der Waals surface area (Å²) in [6, 6.07) is 0. The molecule has 5 nitrogen and oxygen atoms in total. The molecule has 0 aliphatic carbocycles. The van der Waals surface area contributed by atoms with Crippen molar-refractivity contribution in [3.8, 4) is 0 Å². The van der Waals surface area contributed by atoms with Gasteiger partial charge < -0.3 is 25.3 Å². The molecule has 0 radical (unpaired) electrons. The average molecular weight is 254 g/mol. The van der Waals surface area contributed by atoms with Crippen LogP contribution in [-0.2, 0) is 9.59 Å². The molecule has 0 rings (SSSR count). The predicted molar refractivity (Wildman–Crippen MR) is 71.0 cm³/mol. The minimum atomic E-state index is -0.167. The fraction of sp³-hybridized carbons (Fsp3) is 0.833. The molecule has 0 fully saturated rings. The summed E-state index contributed by atoms with van der Waals surface area (Å²) in [6.45, 7) is 13.0. The van der Waals surface area contributed by atoms with Gasteiger partial charge in [-0.2, -0.15) is 0 Å². The van der Waals surface area contributed by atoms with Gasteiger partial charge in [-0.05, 0) is 55.4 Å². The van der Waals surface area contributed by atoms with Crippen molar-refractivity contribution in [3.05, 3.63) is 0 Å². The largest absolute Gasteiger partial charge is 0.412 e. The van der Waals surface area contributed by atoms with Gasteiger partial charge in [-0.3, -0.25) is 0 Å². The second-order valence-corrected chi connectivity index (χ2v) is 4.00. The Morgan fingerprint density at radius 2 is 0.706 bits per heavy atom. The maximum Gasteiger partial charge on any atom is 0.126 e. The van der Waals surface area contributed by atoms with Crippen LogP contribution in [0.2, 0.25) is 0 Å². The molecule has 0 aromatic heterocycles. The van der Waals surface area contributed by atoms with E-state index in [1.807, 2.05) is 0 Å². The maximum atomic E-state index is 9.44. The van der Waals surface area contributed by atoms with Crippen LogP contribution in [0.1, 0.15) is 55.4 Å². The van der Waals surface area contributed by atoms with Gasteiger partial charge in [-0.1, -0.05) is 0 Å². The first-order valence-corrected chi connectivity index (χ1v) is 5.23. The molecule has 5 heteroatoms. The van der Waals surface area contributed by atoms with Crippen LogP contribution in [0.3, 0.4) is 0 Å². The van der Waals surface area contributed by atoms with Gasteiger partial charge in [-0.15, -0.1) is 0 Å². The van der Waals surface area contributed by atoms with E-state index in [-0.39, 0.29) is 29.3 Å². The highest BCUT2D eigenvalue weighted by Crippen LogP contribution is 1.65. The molecule has 0 atom stereocenters. The second-order valence-electron chi connectivity index (χ2n) is 4.00. The third-order valence-electron chi connectivity index (χ3n) is 0. The van der Waals surface area contributed by atoms with Crippen molar-refractivity contribution >= 4 is 11.6 Å². The smallest absolute Gasteiger partial charge is 0.126 e. The topological polar surface area (TPSA) is 106 Å². The van der Waals surface area contributed by atoms with Gasteiger partial charge in [0.2, 0.25) is 0 Å². The molecule has 0 saturated carbocycles. The first-order chi connectivity index (χ1) is 6.93. The Morgan fingerprint density at radius 3 is 0.706 bits per heavy atom. The summed E-state index contributed by atoms with van der Waals surface area (Å²) in [7, 11) is 0. The molecule has 0 heterocycles. The number of hydrogen-bond donors (Lipinski definition) is 2. The summed E-state index contributed by atoms with van der Waals surface area (Å²) < 4.78 is 0. The Balaban J connectivity index is -0.0000000369. The van der Waals surface area contributed by atoms with Crippen molar-refractivity contribution in [2.24, 2.45) is 0 Å². The highest BCUT2D eigenvalue weighted by atomic mass is 16.3. The summed E-state index contributed by atoms with van der Waals surface area (Å²) in [5.74, 6) is 0.333. The molecule has 0 aliphatic heterocycles. The molecule has 4 N–H and O–H groups in total. The van der Waals surface area contributed by atoms with Crippen molar-refractivity contribution in [2.75, 3.05) is 0 Å². The number of aliphatic hydroxyl groups is 2. The van der Waals surface area contributed by atoms with Crippen molar-refractivity contribution in [1.29, 1.82) is 0 Å². The van der Waals surface area contributed by atoms with Gasteiger partial charge in [-0.25, -0.2) is 0 Å².